The highest BCUT2D eigenvalue weighted by Crippen LogP contribution is 2.35. The van der Waals surface area contributed by atoms with Gasteiger partial charge in [0.25, 0.3) is 11.7 Å². The van der Waals surface area contributed by atoms with E-state index in [1.54, 1.807) is 12.1 Å². The van der Waals surface area contributed by atoms with E-state index in [0.717, 1.165) is 37.7 Å². The van der Waals surface area contributed by atoms with Crippen molar-refractivity contribution in [1.29, 1.82) is 0 Å². The molecule has 12 heteroatoms. The van der Waals surface area contributed by atoms with Gasteiger partial charge >= 0.3 is 6.18 Å². The van der Waals surface area contributed by atoms with Gasteiger partial charge < -0.3 is 10.3 Å². The average molecular weight is 539 g/mol. The Morgan fingerprint density at radius 3 is 2.51 bits per heavy atom. The number of piperidine rings is 1. The minimum Gasteiger partial charge on any atom is -0.360 e. The van der Waals surface area contributed by atoms with E-state index in [9.17, 15) is 31.2 Å². The lowest BCUT2D eigenvalue weighted by Crippen LogP contribution is -2.51. The van der Waals surface area contributed by atoms with E-state index in [1.165, 1.54) is 16.8 Å². The number of carbonyl (C=O) groups is 2. The first-order chi connectivity index (χ1) is 17.5. The van der Waals surface area contributed by atoms with Crippen molar-refractivity contribution in [3.05, 3.63) is 35.5 Å². The first-order valence-corrected chi connectivity index (χ1v) is 14.2. The van der Waals surface area contributed by atoms with E-state index in [4.69, 9.17) is 4.99 Å². The number of nitrogens with one attached hydrogen (secondary N) is 2. The Morgan fingerprint density at radius 1 is 1.14 bits per heavy atom. The number of alkyl halides is 3. The van der Waals surface area contributed by atoms with Crippen LogP contribution in [0.4, 0.5) is 13.2 Å². The Labute approximate surface area is 212 Å². The molecule has 1 saturated carbocycles. The molecule has 1 amide bonds. The molecule has 5 rings (SSSR count). The number of sulfonamides is 1. The van der Waals surface area contributed by atoms with Gasteiger partial charge in [0.15, 0.2) is 0 Å². The Hall–Kier alpha value is -2.73. The van der Waals surface area contributed by atoms with E-state index < -0.39 is 33.1 Å². The Kier molecular flexibility index (Phi) is 6.68. The second-order valence-electron chi connectivity index (χ2n) is 10.2. The molecule has 2 aromatic rings. The monoisotopic (exact) mass is 538 g/mol. The van der Waals surface area contributed by atoms with Crippen molar-refractivity contribution in [2.45, 2.75) is 63.1 Å². The highest BCUT2D eigenvalue weighted by atomic mass is 32.2. The molecular weight excluding hydrogens is 509 g/mol. The molecular formula is C25H29F3N4O4S. The summed E-state index contributed by atoms with van der Waals surface area (Å²) in [5.74, 6) is -1.47. The van der Waals surface area contributed by atoms with Crippen LogP contribution in [-0.4, -0.2) is 65.8 Å². The van der Waals surface area contributed by atoms with Gasteiger partial charge in [-0.2, -0.15) is 13.2 Å². The van der Waals surface area contributed by atoms with Gasteiger partial charge in [-0.15, -0.1) is 0 Å². The van der Waals surface area contributed by atoms with Gasteiger partial charge in [0.2, 0.25) is 10.0 Å². The van der Waals surface area contributed by atoms with E-state index in [0.29, 0.717) is 11.1 Å². The topological polar surface area (TPSA) is 112 Å². The normalized spacial score (nSPS) is 21.4. The second-order valence-corrected chi connectivity index (χ2v) is 12.2. The number of ketones is 1. The molecule has 200 valence electrons. The third-order valence-corrected chi connectivity index (χ3v) is 9.73. The minimum atomic E-state index is -5.04. The van der Waals surface area contributed by atoms with Gasteiger partial charge in [-0.3, -0.25) is 14.6 Å². The van der Waals surface area contributed by atoms with Crippen molar-refractivity contribution in [3.63, 3.8) is 0 Å². The van der Waals surface area contributed by atoms with Crippen molar-refractivity contribution < 1.29 is 31.2 Å². The fraction of sp³-hybridized carbons (Fsp3) is 0.560. The molecule has 0 atom stereocenters. The molecule has 1 aliphatic carbocycles. The highest BCUT2D eigenvalue weighted by molar-refractivity contribution is 7.89. The number of carbonyl (C=O) groups excluding carboxylic acids is 2. The minimum absolute atomic E-state index is 0.0538. The number of aromatic nitrogens is 1. The van der Waals surface area contributed by atoms with E-state index in [-0.39, 0.29) is 55.3 Å². The lowest BCUT2D eigenvalue weighted by atomic mass is 9.88. The Balaban J connectivity index is 1.27. The summed E-state index contributed by atoms with van der Waals surface area (Å²) in [5, 5.41) is 3.04. The molecule has 2 aliphatic heterocycles. The van der Waals surface area contributed by atoms with Crippen LogP contribution in [0.2, 0.25) is 0 Å². The summed E-state index contributed by atoms with van der Waals surface area (Å²) >= 11 is 0. The number of fused-ring (bicyclic) bond motifs is 1. The molecule has 2 fully saturated rings. The number of aromatic amines is 1. The number of nitrogens with zero attached hydrogens (tertiary/aromatic N) is 2. The number of hydrogen-bond acceptors (Lipinski definition) is 5. The maximum atomic E-state index is 13.1. The third-order valence-electron chi connectivity index (χ3n) is 7.86. The number of amides is 1. The number of Topliss-reactive ketones (excluding diaryl/α,β-unsaturated/α-hetero) is 1. The van der Waals surface area contributed by atoms with Gasteiger partial charge in [0, 0.05) is 36.1 Å². The summed E-state index contributed by atoms with van der Waals surface area (Å²) in [6.45, 7) is 0.284. The smallest absolute Gasteiger partial charge is 0.360 e. The zero-order valence-corrected chi connectivity index (χ0v) is 21.1. The summed E-state index contributed by atoms with van der Waals surface area (Å²) in [4.78, 5) is 32.2. The molecule has 1 aromatic carbocycles. The van der Waals surface area contributed by atoms with Crippen molar-refractivity contribution >= 4 is 38.5 Å². The number of halogens is 3. The largest absolute Gasteiger partial charge is 0.454 e. The Bertz CT molecular complexity index is 1350. The summed E-state index contributed by atoms with van der Waals surface area (Å²) in [7, 11) is -3.76. The number of benzene rings is 1. The van der Waals surface area contributed by atoms with Crippen LogP contribution in [0.15, 0.2) is 29.4 Å². The van der Waals surface area contributed by atoms with Crippen LogP contribution in [0.3, 0.4) is 0 Å². The van der Waals surface area contributed by atoms with Crippen LogP contribution in [0.5, 0.6) is 0 Å². The predicted molar refractivity (Wildman–Crippen MR) is 132 cm³/mol. The van der Waals surface area contributed by atoms with Crippen molar-refractivity contribution in [3.8, 4) is 0 Å². The van der Waals surface area contributed by atoms with Gasteiger partial charge in [-0.1, -0.05) is 31.4 Å². The van der Waals surface area contributed by atoms with Gasteiger partial charge in [0.1, 0.15) is 11.4 Å². The van der Waals surface area contributed by atoms with Crippen LogP contribution in [0, 0.1) is 5.92 Å². The van der Waals surface area contributed by atoms with Gasteiger partial charge in [0.05, 0.1) is 11.3 Å². The molecule has 0 unspecified atom stereocenters. The summed E-state index contributed by atoms with van der Waals surface area (Å²) in [5.41, 5.74) is -0.765. The van der Waals surface area contributed by atoms with Gasteiger partial charge in [-0.05, 0) is 43.7 Å². The molecule has 37 heavy (non-hydrogen) atoms. The predicted octanol–water partition coefficient (Wildman–Crippen LogP) is 3.73. The zero-order valence-electron chi connectivity index (χ0n) is 20.2. The number of amidine groups is 1. The SMILES string of the molecule is O=C(c1c[nH]c2cccc(CCS(=O)(=O)N3CCC4(CC3)N=C(C3CCCCC3)NC4=O)c12)C(F)(F)F. The quantitative estimate of drug-likeness (QED) is 0.546. The fourth-order valence-electron chi connectivity index (χ4n) is 5.75. The molecule has 0 bridgehead atoms. The van der Waals surface area contributed by atoms with E-state index in [2.05, 4.69) is 10.3 Å². The average Bonchev–Trinajstić information content (AvgIpc) is 3.44. The van der Waals surface area contributed by atoms with Crippen LogP contribution >= 0.6 is 0 Å². The van der Waals surface area contributed by atoms with E-state index >= 15 is 0 Å². The molecule has 1 saturated heterocycles. The van der Waals surface area contributed by atoms with Crippen molar-refractivity contribution in [2.75, 3.05) is 18.8 Å². The molecule has 1 aromatic heterocycles. The zero-order chi connectivity index (χ0) is 26.4. The molecule has 2 N–H and O–H groups in total. The number of rotatable bonds is 6. The van der Waals surface area contributed by atoms with E-state index in [1.807, 2.05) is 0 Å². The van der Waals surface area contributed by atoms with Crippen LogP contribution < -0.4 is 5.32 Å². The summed E-state index contributed by atoms with van der Waals surface area (Å²) in [6.07, 6.45) is 1.90. The van der Waals surface area contributed by atoms with Crippen LogP contribution in [0.25, 0.3) is 10.9 Å². The number of H-pyrrole nitrogens is 1. The first kappa shape index (κ1) is 25.9. The molecule has 3 aliphatic rings. The highest BCUT2D eigenvalue weighted by Gasteiger charge is 2.48. The van der Waals surface area contributed by atoms with Gasteiger partial charge in [-0.25, -0.2) is 12.7 Å². The van der Waals surface area contributed by atoms with Crippen molar-refractivity contribution in [1.82, 2.24) is 14.6 Å². The first-order valence-electron chi connectivity index (χ1n) is 12.6. The molecule has 8 nitrogen and oxygen atoms in total. The number of aliphatic imine (C=N–C) groups is 1. The van der Waals surface area contributed by atoms with Crippen LogP contribution in [0.1, 0.15) is 60.9 Å². The number of hydrogen-bond donors (Lipinski definition) is 2. The van der Waals surface area contributed by atoms with Crippen molar-refractivity contribution in [2.24, 2.45) is 10.9 Å². The fourth-order valence-corrected chi connectivity index (χ4v) is 7.23. The number of aryl methyl sites for hydroxylation is 1. The maximum absolute atomic E-state index is 13.1. The van der Waals surface area contributed by atoms with Crippen LogP contribution in [-0.2, 0) is 21.2 Å². The lowest BCUT2D eigenvalue weighted by Gasteiger charge is -2.34. The second kappa shape index (κ2) is 9.54. The maximum Gasteiger partial charge on any atom is 0.454 e. The third kappa shape index (κ3) is 4.93. The molecule has 0 radical (unpaired) electrons. The molecule has 1 spiro atoms. The summed E-state index contributed by atoms with van der Waals surface area (Å²) in [6, 6.07) is 4.68. The standard InChI is InChI=1S/C25H29F3N4O4S/c26-25(27,28)21(33)18-15-29-19-8-4-7-16(20(18)19)9-14-37(35,36)32-12-10-24(11-13-32)23(34)30-22(31-24)17-5-2-1-3-6-17/h4,7-8,15,17,29H,1-3,5-6,9-14H2,(H,30,31,34). The summed E-state index contributed by atoms with van der Waals surface area (Å²) < 4.78 is 66.8. The molecule has 3 heterocycles. The lowest BCUT2D eigenvalue weighted by molar-refractivity contribution is -0.125. The Morgan fingerprint density at radius 2 is 1.84 bits per heavy atom.